The molecule has 17 heavy (non-hydrogen) atoms. The molecular weight excluding hydrogens is 238 g/mol. The Morgan fingerprint density at radius 2 is 1.76 bits per heavy atom. The largest absolute Gasteiger partial charge is 0.496 e. The highest BCUT2D eigenvalue weighted by Gasteiger charge is 2.50. The van der Waals surface area contributed by atoms with E-state index in [0.717, 1.165) is 24.2 Å². The third-order valence-electron chi connectivity index (χ3n) is 3.67. The van der Waals surface area contributed by atoms with Gasteiger partial charge in [0.2, 0.25) is 0 Å². The molecule has 0 spiro atoms. The van der Waals surface area contributed by atoms with Gasteiger partial charge in [0.1, 0.15) is 11.5 Å². The molecule has 0 radical (unpaired) electrons. The van der Waals surface area contributed by atoms with Gasteiger partial charge >= 0.3 is 0 Å². The second-order valence-electron chi connectivity index (χ2n) is 4.60. The molecule has 1 saturated carbocycles. The van der Waals surface area contributed by atoms with E-state index in [1.807, 2.05) is 19.1 Å². The van der Waals surface area contributed by atoms with Gasteiger partial charge in [-0.05, 0) is 31.9 Å². The van der Waals surface area contributed by atoms with Crippen molar-refractivity contribution in [1.29, 1.82) is 0 Å². The Labute approximate surface area is 107 Å². The summed E-state index contributed by atoms with van der Waals surface area (Å²) in [6.45, 7) is 2.02. The number of rotatable bonds is 4. The molecule has 0 bridgehead atoms. The Kier molecular flexibility index (Phi) is 3.23. The highest BCUT2D eigenvalue weighted by Crippen LogP contribution is 2.56. The first-order valence-corrected chi connectivity index (χ1v) is 6.11. The second kappa shape index (κ2) is 4.39. The molecule has 0 heterocycles. The van der Waals surface area contributed by atoms with E-state index in [2.05, 4.69) is 0 Å². The van der Waals surface area contributed by atoms with Gasteiger partial charge in [-0.25, -0.2) is 0 Å². The van der Waals surface area contributed by atoms with Crippen molar-refractivity contribution in [3.05, 3.63) is 22.7 Å². The highest BCUT2D eigenvalue weighted by atomic mass is 35.5. The average molecular weight is 256 g/mol. The van der Waals surface area contributed by atoms with Gasteiger partial charge < -0.3 is 15.2 Å². The minimum Gasteiger partial charge on any atom is -0.496 e. The Morgan fingerprint density at radius 3 is 2.18 bits per heavy atom. The van der Waals surface area contributed by atoms with Crippen LogP contribution in [0.3, 0.4) is 0 Å². The SMILES string of the molecule is COc1ccc(OC)c(C2(C(C)N)CC2)c1Cl. The van der Waals surface area contributed by atoms with Crippen LogP contribution in [-0.2, 0) is 5.41 Å². The Hall–Kier alpha value is -0.930. The summed E-state index contributed by atoms with van der Waals surface area (Å²) < 4.78 is 10.7. The highest BCUT2D eigenvalue weighted by molar-refractivity contribution is 6.33. The fourth-order valence-corrected chi connectivity index (χ4v) is 2.82. The molecular formula is C13H18ClNO2. The van der Waals surface area contributed by atoms with Gasteiger partial charge in [-0.2, -0.15) is 0 Å². The number of nitrogens with two attached hydrogens (primary N) is 1. The molecule has 1 aromatic rings. The predicted molar refractivity (Wildman–Crippen MR) is 69.1 cm³/mol. The van der Waals surface area contributed by atoms with Crippen LogP contribution < -0.4 is 15.2 Å². The third kappa shape index (κ3) is 1.87. The van der Waals surface area contributed by atoms with E-state index in [1.165, 1.54) is 0 Å². The predicted octanol–water partition coefficient (Wildman–Crippen LogP) is 2.74. The first kappa shape index (κ1) is 12.5. The molecule has 1 atom stereocenters. The van der Waals surface area contributed by atoms with Crippen molar-refractivity contribution >= 4 is 11.6 Å². The van der Waals surface area contributed by atoms with Crippen molar-refractivity contribution in [2.24, 2.45) is 5.73 Å². The van der Waals surface area contributed by atoms with Crippen LogP contribution in [0.25, 0.3) is 0 Å². The molecule has 0 aromatic heterocycles. The Bertz CT molecular complexity index is 428. The zero-order valence-corrected chi connectivity index (χ0v) is 11.2. The topological polar surface area (TPSA) is 44.5 Å². The van der Waals surface area contributed by atoms with Crippen LogP contribution in [0.1, 0.15) is 25.3 Å². The maximum absolute atomic E-state index is 6.40. The normalized spacial score (nSPS) is 18.6. The number of hydrogen-bond acceptors (Lipinski definition) is 3. The summed E-state index contributed by atoms with van der Waals surface area (Å²) in [6.07, 6.45) is 2.10. The summed E-state index contributed by atoms with van der Waals surface area (Å²) in [4.78, 5) is 0. The van der Waals surface area contributed by atoms with Crippen LogP contribution in [-0.4, -0.2) is 20.3 Å². The van der Waals surface area contributed by atoms with Gasteiger partial charge in [-0.1, -0.05) is 11.6 Å². The minimum absolute atomic E-state index is 0.0447. The van der Waals surface area contributed by atoms with E-state index in [-0.39, 0.29) is 11.5 Å². The minimum atomic E-state index is -0.0447. The van der Waals surface area contributed by atoms with Crippen LogP contribution in [0.4, 0.5) is 0 Å². The molecule has 0 amide bonds. The molecule has 2 rings (SSSR count). The average Bonchev–Trinajstić information content (AvgIpc) is 3.09. The number of methoxy groups -OCH3 is 2. The summed E-state index contributed by atoms with van der Waals surface area (Å²) in [5, 5.41) is 0.627. The van der Waals surface area contributed by atoms with Crippen molar-refractivity contribution < 1.29 is 9.47 Å². The van der Waals surface area contributed by atoms with Crippen molar-refractivity contribution in [2.75, 3.05) is 14.2 Å². The lowest BCUT2D eigenvalue weighted by atomic mass is 9.88. The van der Waals surface area contributed by atoms with Crippen molar-refractivity contribution in [3.8, 4) is 11.5 Å². The summed E-state index contributed by atoms with van der Waals surface area (Å²) in [5.74, 6) is 1.47. The molecule has 1 aromatic carbocycles. The smallest absolute Gasteiger partial charge is 0.138 e. The van der Waals surface area contributed by atoms with Crippen molar-refractivity contribution in [2.45, 2.75) is 31.2 Å². The zero-order valence-electron chi connectivity index (χ0n) is 10.4. The standard InChI is InChI=1S/C13H18ClNO2/c1-8(15)13(6-7-13)11-9(16-2)4-5-10(17-3)12(11)14/h4-5,8H,6-7,15H2,1-3H3. The molecule has 1 aliphatic rings. The van der Waals surface area contributed by atoms with Crippen LogP contribution in [0, 0.1) is 0 Å². The quantitative estimate of drug-likeness (QED) is 0.900. The van der Waals surface area contributed by atoms with Gasteiger partial charge in [0.15, 0.2) is 0 Å². The Morgan fingerprint density at radius 1 is 1.24 bits per heavy atom. The second-order valence-corrected chi connectivity index (χ2v) is 4.98. The zero-order chi connectivity index (χ0) is 12.6. The maximum Gasteiger partial charge on any atom is 0.138 e. The maximum atomic E-state index is 6.40. The molecule has 3 nitrogen and oxygen atoms in total. The molecule has 1 unspecified atom stereocenters. The fourth-order valence-electron chi connectivity index (χ4n) is 2.40. The molecule has 1 fully saturated rings. The fraction of sp³-hybridized carbons (Fsp3) is 0.538. The molecule has 0 aliphatic heterocycles. The van der Waals surface area contributed by atoms with Gasteiger partial charge in [-0.3, -0.25) is 0 Å². The van der Waals surface area contributed by atoms with Crippen LogP contribution in [0.15, 0.2) is 12.1 Å². The number of ether oxygens (including phenoxy) is 2. The number of benzene rings is 1. The van der Waals surface area contributed by atoms with Crippen molar-refractivity contribution in [3.63, 3.8) is 0 Å². The van der Waals surface area contributed by atoms with E-state index in [9.17, 15) is 0 Å². The van der Waals surface area contributed by atoms with E-state index < -0.39 is 0 Å². The third-order valence-corrected chi connectivity index (χ3v) is 4.04. The summed E-state index contributed by atoms with van der Waals surface area (Å²) >= 11 is 6.40. The van der Waals surface area contributed by atoms with Gasteiger partial charge in [-0.15, -0.1) is 0 Å². The first-order valence-electron chi connectivity index (χ1n) is 5.73. The molecule has 4 heteroatoms. The van der Waals surface area contributed by atoms with Gasteiger partial charge in [0.05, 0.1) is 19.2 Å². The summed E-state index contributed by atoms with van der Waals surface area (Å²) in [6, 6.07) is 3.77. The van der Waals surface area contributed by atoms with E-state index in [1.54, 1.807) is 14.2 Å². The van der Waals surface area contributed by atoms with Crippen LogP contribution in [0.5, 0.6) is 11.5 Å². The number of halogens is 1. The molecule has 0 saturated heterocycles. The van der Waals surface area contributed by atoms with Gasteiger partial charge in [0, 0.05) is 17.0 Å². The van der Waals surface area contributed by atoms with Gasteiger partial charge in [0.25, 0.3) is 0 Å². The molecule has 94 valence electrons. The van der Waals surface area contributed by atoms with E-state index in [0.29, 0.717) is 10.8 Å². The summed E-state index contributed by atoms with van der Waals surface area (Å²) in [5.41, 5.74) is 7.05. The lowest BCUT2D eigenvalue weighted by molar-refractivity contribution is 0.389. The lowest BCUT2D eigenvalue weighted by Gasteiger charge is -2.24. The van der Waals surface area contributed by atoms with Crippen LogP contribution >= 0.6 is 11.6 Å². The number of hydrogen-bond donors (Lipinski definition) is 1. The lowest BCUT2D eigenvalue weighted by Crippen LogP contribution is -2.32. The monoisotopic (exact) mass is 255 g/mol. The molecule has 1 aliphatic carbocycles. The van der Waals surface area contributed by atoms with Crippen LogP contribution in [0.2, 0.25) is 5.02 Å². The van der Waals surface area contributed by atoms with Crippen molar-refractivity contribution in [1.82, 2.24) is 0 Å². The van der Waals surface area contributed by atoms with E-state index >= 15 is 0 Å². The summed E-state index contributed by atoms with van der Waals surface area (Å²) in [7, 11) is 3.27. The van der Waals surface area contributed by atoms with E-state index in [4.69, 9.17) is 26.8 Å². The Balaban J connectivity index is 2.58. The first-order chi connectivity index (χ1) is 8.06. The molecule has 2 N–H and O–H groups in total.